The van der Waals surface area contributed by atoms with Gasteiger partial charge in [-0.1, -0.05) is 32.4 Å². The van der Waals surface area contributed by atoms with Crippen LogP contribution < -0.4 is 4.90 Å². The number of methoxy groups -OCH3 is 1. The standard InChI is InChI=1S/C25H48ClN3O2/c1-9-28(16-22(30)17-29(10-2)15-19(3)4)12-11-27(7)18-24(31-8)25-21(6)13-20(5)14-23(25)26/h13,19,22-24,30H,9-12,14-18H2,1-8H3/p+1. The van der Waals surface area contributed by atoms with Crippen molar-refractivity contribution in [2.75, 3.05) is 66.5 Å². The van der Waals surface area contributed by atoms with Gasteiger partial charge in [0.05, 0.1) is 24.6 Å². The summed E-state index contributed by atoms with van der Waals surface area (Å²) in [4.78, 5) is 6.13. The number of quaternary nitrogens is 1. The van der Waals surface area contributed by atoms with Crippen LogP contribution in [0.25, 0.3) is 0 Å². The molecule has 4 atom stereocenters. The van der Waals surface area contributed by atoms with E-state index in [0.717, 1.165) is 58.8 Å². The summed E-state index contributed by atoms with van der Waals surface area (Å²) in [5, 5.41) is 10.7. The number of hydrogen-bond acceptors (Lipinski definition) is 4. The van der Waals surface area contributed by atoms with Gasteiger partial charge in [-0.05, 0) is 57.8 Å². The zero-order chi connectivity index (χ0) is 23.6. The minimum absolute atomic E-state index is 0.0154. The number of rotatable bonds is 15. The highest BCUT2D eigenvalue weighted by molar-refractivity contribution is 6.22. The van der Waals surface area contributed by atoms with E-state index in [4.69, 9.17) is 16.3 Å². The lowest BCUT2D eigenvalue weighted by atomic mass is 9.89. The molecule has 0 saturated heterocycles. The Bertz CT molecular complexity index is 579. The van der Waals surface area contributed by atoms with Gasteiger partial charge in [-0.2, -0.15) is 0 Å². The van der Waals surface area contributed by atoms with Gasteiger partial charge in [0.1, 0.15) is 12.6 Å². The van der Waals surface area contributed by atoms with Crippen molar-refractivity contribution in [2.24, 2.45) is 5.92 Å². The van der Waals surface area contributed by atoms with E-state index in [2.05, 4.69) is 64.5 Å². The zero-order valence-electron chi connectivity index (χ0n) is 21.4. The summed E-state index contributed by atoms with van der Waals surface area (Å²) in [6.07, 6.45) is 2.87. The van der Waals surface area contributed by atoms with E-state index in [1.54, 1.807) is 7.11 Å². The molecule has 0 radical (unpaired) electrons. The molecule has 0 heterocycles. The summed E-state index contributed by atoms with van der Waals surface area (Å²) in [7, 11) is 3.93. The van der Waals surface area contributed by atoms with Crippen LogP contribution in [0.5, 0.6) is 0 Å². The third-order valence-corrected chi connectivity index (χ3v) is 6.67. The molecular weight excluding hydrogens is 410 g/mol. The summed E-state index contributed by atoms with van der Waals surface area (Å²) in [5.41, 5.74) is 3.80. The normalized spacial score (nSPS) is 20.5. The fourth-order valence-corrected chi connectivity index (χ4v) is 5.15. The van der Waals surface area contributed by atoms with E-state index in [1.165, 1.54) is 21.6 Å². The summed E-state index contributed by atoms with van der Waals surface area (Å²) < 4.78 is 5.86. The third-order valence-electron chi connectivity index (χ3n) is 6.28. The first-order valence-corrected chi connectivity index (χ1v) is 12.5. The molecule has 0 fully saturated rings. The Hall–Kier alpha value is -0.430. The monoisotopic (exact) mass is 458 g/mol. The predicted octanol–water partition coefficient (Wildman–Crippen LogP) is 2.45. The lowest BCUT2D eigenvalue weighted by molar-refractivity contribution is -0.900. The van der Waals surface area contributed by atoms with Crippen LogP contribution in [0.4, 0.5) is 0 Å². The SMILES string of the molecule is CCN(CC(C)C)CC(O)C[NH+](CC)CCN(C)CC(OC)C1=C(C)C=C(C)CC1Cl. The number of halogens is 1. The van der Waals surface area contributed by atoms with Crippen LogP contribution in [0.3, 0.4) is 0 Å². The smallest absolute Gasteiger partial charge is 0.115 e. The Kier molecular flexibility index (Phi) is 13.5. The topological polar surface area (TPSA) is 40.4 Å². The molecule has 6 heteroatoms. The van der Waals surface area contributed by atoms with Crippen LogP contribution in [-0.2, 0) is 4.74 Å². The molecule has 0 aromatic carbocycles. The maximum absolute atomic E-state index is 10.6. The molecule has 0 amide bonds. The second kappa shape index (κ2) is 14.7. The largest absolute Gasteiger partial charge is 0.386 e. The number of aliphatic hydroxyl groups excluding tert-OH is 1. The lowest BCUT2D eigenvalue weighted by Crippen LogP contribution is -3.13. The molecular formula is C25H49ClN3O2+. The van der Waals surface area contributed by atoms with Crippen molar-refractivity contribution in [1.82, 2.24) is 9.80 Å². The lowest BCUT2D eigenvalue weighted by Gasteiger charge is -2.32. The molecule has 0 aromatic rings. The Morgan fingerprint density at radius 3 is 2.42 bits per heavy atom. The van der Waals surface area contributed by atoms with Crippen molar-refractivity contribution in [3.63, 3.8) is 0 Å². The van der Waals surface area contributed by atoms with Gasteiger partial charge in [-0.3, -0.25) is 4.90 Å². The van der Waals surface area contributed by atoms with Crippen LogP contribution in [0.1, 0.15) is 48.0 Å². The average molecular weight is 459 g/mol. The van der Waals surface area contributed by atoms with Gasteiger partial charge in [0.25, 0.3) is 0 Å². The maximum atomic E-state index is 10.6. The minimum atomic E-state index is -0.284. The molecule has 0 bridgehead atoms. The first-order chi connectivity index (χ1) is 14.6. The molecule has 31 heavy (non-hydrogen) atoms. The van der Waals surface area contributed by atoms with Gasteiger partial charge in [-0.25, -0.2) is 0 Å². The number of hydrogen-bond donors (Lipinski definition) is 2. The van der Waals surface area contributed by atoms with E-state index in [-0.39, 0.29) is 17.6 Å². The number of likely N-dealkylation sites (N-methyl/N-ethyl adjacent to an activating group) is 3. The van der Waals surface area contributed by atoms with Crippen molar-refractivity contribution in [3.05, 3.63) is 22.8 Å². The molecule has 1 aliphatic rings. The first kappa shape index (κ1) is 28.6. The van der Waals surface area contributed by atoms with Gasteiger partial charge in [0.15, 0.2) is 0 Å². The highest BCUT2D eigenvalue weighted by Gasteiger charge is 2.27. The van der Waals surface area contributed by atoms with E-state index in [1.807, 2.05) is 0 Å². The minimum Gasteiger partial charge on any atom is -0.386 e. The van der Waals surface area contributed by atoms with E-state index >= 15 is 0 Å². The molecule has 1 aliphatic carbocycles. The molecule has 5 nitrogen and oxygen atoms in total. The fraction of sp³-hybridized carbons (Fsp3) is 0.840. The third kappa shape index (κ3) is 10.4. The molecule has 2 N–H and O–H groups in total. The quantitative estimate of drug-likeness (QED) is 0.370. The van der Waals surface area contributed by atoms with E-state index in [9.17, 15) is 5.11 Å². The van der Waals surface area contributed by atoms with Gasteiger partial charge < -0.3 is 19.6 Å². The summed E-state index contributed by atoms with van der Waals surface area (Å²) in [5.74, 6) is 0.624. The Morgan fingerprint density at radius 2 is 1.90 bits per heavy atom. The van der Waals surface area contributed by atoms with Gasteiger partial charge >= 0.3 is 0 Å². The van der Waals surface area contributed by atoms with Crippen molar-refractivity contribution < 1.29 is 14.7 Å². The first-order valence-electron chi connectivity index (χ1n) is 12.1. The number of nitrogens with one attached hydrogen (secondary N) is 1. The van der Waals surface area contributed by atoms with Crippen LogP contribution >= 0.6 is 11.6 Å². The molecule has 1 rings (SSSR count). The average Bonchev–Trinajstić information content (AvgIpc) is 2.68. The van der Waals surface area contributed by atoms with Gasteiger partial charge in [0.2, 0.25) is 0 Å². The number of ether oxygens (including phenoxy) is 1. The van der Waals surface area contributed by atoms with Gasteiger partial charge in [0, 0.05) is 33.3 Å². The Labute approximate surface area is 197 Å². The number of nitrogens with zero attached hydrogens (tertiary/aromatic N) is 2. The van der Waals surface area contributed by atoms with Crippen LogP contribution in [0, 0.1) is 5.92 Å². The van der Waals surface area contributed by atoms with Crippen LogP contribution in [0.2, 0.25) is 0 Å². The summed E-state index contributed by atoms with van der Waals surface area (Å²) in [6.45, 7) is 20.5. The summed E-state index contributed by atoms with van der Waals surface area (Å²) >= 11 is 6.69. The number of alkyl halides is 1. The Balaban J connectivity index is 2.56. The van der Waals surface area contributed by atoms with Crippen molar-refractivity contribution in [1.29, 1.82) is 0 Å². The maximum Gasteiger partial charge on any atom is 0.115 e. The molecule has 0 saturated carbocycles. The zero-order valence-corrected chi connectivity index (χ0v) is 22.1. The van der Waals surface area contributed by atoms with Crippen molar-refractivity contribution in [3.8, 4) is 0 Å². The van der Waals surface area contributed by atoms with Crippen LogP contribution in [0.15, 0.2) is 22.8 Å². The molecule has 0 aliphatic heterocycles. The second-order valence-corrected chi connectivity index (χ2v) is 10.3. The second-order valence-electron chi connectivity index (χ2n) is 9.74. The van der Waals surface area contributed by atoms with Crippen LogP contribution in [-0.4, -0.2) is 99.0 Å². The highest BCUT2D eigenvalue weighted by atomic mass is 35.5. The van der Waals surface area contributed by atoms with Gasteiger partial charge in [-0.15, -0.1) is 11.6 Å². The highest BCUT2D eigenvalue weighted by Crippen LogP contribution is 2.31. The molecule has 0 aromatic heterocycles. The fourth-order valence-electron chi connectivity index (χ4n) is 4.60. The molecule has 4 unspecified atom stereocenters. The number of aliphatic hydroxyl groups is 1. The number of allylic oxidation sites excluding steroid dienone is 3. The molecule has 0 spiro atoms. The summed E-state index contributed by atoms with van der Waals surface area (Å²) in [6, 6.07) is 0. The molecule has 182 valence electrons. The Morgan fingerprint density at radius 1 is 1.23 bits per heavy atom. The van der Waals surface area contributed by atoms with Crippen molar-refractivity contribution >= 4 is 11.6 Å². The van der Waals surface area contributed by atoms with Crippen molar-refractivity contribution in [2.45, 2.75) is 65.5 Å². The van der Waals surface area contributed by atoms with E-state index in [0.29, 0.717) is 5.92 Å². The predicted molar refractivity (Wildman–Crippen MR) is 133 cm³/mol. The van der Waals surface area contributed by atoms with E-state index < -0.39 is 0 Å².